The number of rotatable bonds is 7. The number of methoxy groups -OCH3 is 2. The van der Waals surface area contributed by atoms with Crippen molar-refractivity contribution < 1.29 is 28.5 Å². The molecule has 6 rings (SSSR count). The zero-order valence-electron chi connectivity index (χ0n) is 22.6. The number of fused-ring (bicyclic) bond motifs is 2. The van der Waals surface area contributed by atoms with Gasteiger partial charge in [0, 0.05) is 11.1 Å². The molecule has 0 saturated heterocycles. The molecule has 0 spiro atoms. The van der Waals surface area contributed by atoms with E-state index >= 15 is 0 Å². The SMILES string of the molecule is CCOC(=O)C1=C(c2ccccc2)N=c2s/c(=C/c3cc(OC)ccc3OC)c(=O)n2[C@H]1c1ccc2c(c1)OCO2. The number of hydrogen-bond donors (Lipinski definition) is 0. The van der Waals surface area contributed by atoms with E-state index in [-0.39, 0.29) is 24.5 Å². The van der Waals surface area contributed by atoms with Crippen LogP contribution in [0.2, 0.25) is 0 Å². The number of carbonyl (C=O) groups is 1. The maximum atomic E-state index is 14.1. The van der Waals surface area contributed by atoms with E-state index in [9.17, 15) is 9.59 Å². The second kappa shape index (κ2) is 11.0. The molecule has 0 N–H and O–H groups in total. The van der Waals surface area contributed by atoms with Gasteiger partial charge in [0.05, 0.1) is 42.7 Å². The number of benzene rings is 3. The lowest BCUT2D eigenvalue weighted by molar-refractivity contribution is -0.138. The molecule has 3 aromatic carbocycles. The molecular formula is C31H26N2O7S. The summed E-state index contributed by atoms with van der Waals surface area (Å²) in [5.41, 5.74) is 2.45. The summed E-state index contributed by atoms with van der Waals surface area (Å²) < 4.78 is 29.6. The van der Waals surface area contributed by atoms with Crippen LogP contribution in [0, 0.1) is 0 Å². The van der Waals surface area contributed by atoms with Gasteiger partial charge < -0.3 is 23.7 Å². The number of hydrogen-bond acceptors (Lipinski definition) is 9. The highest BCUT2D eigenvalue weighted by Crippen LogP contribution is 2.40. The number of thiazole rings is 1. The van der Waals surface area contributed by atoms with Gasteiger partial charge in [-0.25, -0.2) is 9.79 Å². The summed E-state index contributed by atoms with van der Waals surface area (Å²) >= 11 is 1.23. The van der Waals surface area contributed by atoms with Gasteiger partial charge in [-0.1, -0.05) is 47.7 Å². The minimum absolute atomic E-state index is 0.0970. The van der Waals surface area contributed by atoms with Gasteiger partial charge in [0.1, 0.15) is 11.5 Å². The van der Waals surface area contributed by atoms with Crippen molar-refractivity contribution in [3.8, 4) is 23.0 Å². The summed E-state index contributed by atoms with van der Waals surface area (Å²) in [4.78, 5) is 33.1. The zero-order chi connectivity index (χ0) is 28.5. The monoisotopic (exact) mass is 570 g/mol. The number of esters is 1. The van der Waals surface area contributed by atoms with E-state index in [1.54, 1.807) is 62.1 Å². The van der Waals surface area contributed by atoms with Crippen LogP contribution in [0.5, 0.6) is 23.0 Å². The molecule has 0 saturated carbocycles. The molecule has 0 aliphatic carbocycles. The first-order chi connectivity index (χ1) is 20.0. The third kappa shape index (κ3) is 4.76. The highest BCUT2D eigenvalue weighted by Gasteiger charge is 2.36. The molecule has 0 radical (unpaired) electrons. The van der Waals surface area contributed by atoms with Crippen molar-refractivity contribution in [2.45, 2.75) is 13.0 Å². The minimum atomic E-state index is -0.829. The van der Waals surface area contributed by atoms with Crippen molar-refractivity contribution in [2.75, 3.05) is 27.6 Å². The Morgan fingerprint density at radius 2 is 1.85 bits per heavy atom. The van der Waals surface area contributed by atoms with Crippen molar-refractivity contribution in [2.24, 2.45) is 4.99 Å². The van der Waals surface area contributed by atoms with E-state index in [0.717, 1.165) is 5.56 Å². The molecule has 0 fully saturated rings. The van der Waals surface area contributed by atoms with Crippen LogP contribution in [-0.2, 0) is 9.53 Å². The molecule has 41 heavy (non-hydrogen) atoms. The standard InChI is InChI=1S/C31H26N2O7S/c1-4-38-30(35)26-27(18-8-6-5-7-9-18)32-31-33(28(26)19-10-12-23-24(15-19)40-17-39-23)29(34)25(41-31)16-20-14-21(36-2)11-13-22(20)37-3/h5-16,28H,4,17H2,1-3H3/b25-16+/t28-/m0/s1. The first-order valence-electron chi connectivity index (χ1n) is 12.9. The molecule has 4 aromatic rings. The average Bonchev–Trinajstić information content (AvgIpc) is 3.60. The number of aromatic nitrogens is 1. The van der Waals surface area contributed by atoms with Gasteiger partial charge in [0.2, 0.25) is 6.79 Å². The highest BCUT2D eigenvalue weighted by atomic mass is 32.1. The van der Waals surface area contributed by atoms with Crippen molar-refractivity contribution >= 4 is 29.1 Å². The largest absolute Gasteiger partial charge is 0.497 e. The molecular weight excluding hydrogens is 544 g/mol. The molecule has 2 aliphatic rings. The van der Waals surface area contributed by atoms with Crippen LogP contribution in [0.15, 0.2) is 82.1 Å². The van der Waals surface area contributed by atoms with Gasteiger partial charge in [-0.3, -0.25) is 9.36 Å². The van der Waals surface area contributed by atoms with Gasteiger partial charge in [-0.2, -0.15) is 0 Å². The van der Waals surface area contributed by atoms with Crippen molar-refractivity contribution in [3.05, 3.63) is 109 Å². The molecule has 2 aliphatic heterocycles. The second-order valence-electron chi connectivity index (χ2n) is 9.15. The van der Waals surface area contributed by atoms with E-state index < -0.39 is 12.0 Å². The van der Waals surface area contributed by atoms with Crippen LogP contribution in [0.4, 0.5) is 0 Å². The topological polar surface area (TPSA) is 97.6 Å². The normalized spacial score (nSPS) is 15.8. The summed E-state index contributed by atoms with van der Waals surface area (Å²) in [5, 5.41) is 0. The quantitative estimate of drug-likeness (QED) is 0.313. The fourth-order valence-electron chi connectivity index (χ4n) is 4.93. The molecule has 3 heterocycles. The lowest BCUT2D eigenvalue weighted by atomic mass is 9.93. The summed E-state index contributed by atoms with van der Waals surface area (Å²) in [6.07, 6.45) is 1.75. The Morgan fingerprint density at radius 3 is 2.61 bits per heavy atom. The first-order valence-corrected chi connectivity index (χ1v) is 13.7. The molecule has 10 heteroatoms. The predicted molar refractivity (Wildman–Crippen MR) is 153 cm³/mol. The lowest BCUT2D eigenvalue weighted by Gasteiger charge is -2.26. The van der Waals surface area contributed by atoms with Crippen LogP contribution in [0.25, 0.3) is 11.8 Å². The summed E-state index contributed by atoms with van der Waals surface area (Å²) in [6.45, 7) is 2.01. The van der Waals surface area contributed by atoms with Crippen LogP contribution in [-0.4, -0.2) is 38.2 Å². The van der Waals surface area contributed by atoms with E-state index in [0.29, 0.717) is 49.2 Å². The lowest BCUT2D eigenvalue weighted by Crippen LogP contribution is -2.40. The molecule has 1 aromatic heterocycles. The summed E-state index contributed by atoms with van der Waals surface area (Å²) in [5.74, 6) is 1.78. The van der Waals surface area contributed by atoms with Gasteiger partial charge in [-0.05, 0) is 48.9 Å². The Labute approximate surface area is 239 Å². The van der Waals surface area contributed by atoms with E-state index in [1.165, 1.54) is 11.3 Å². The number of nitrogens with zero attached hydrogens (tertiary/aromatic N) is 2. The van der Waals surface area contributed by atoms with Crippen LogP contribution in [0.3, 0.4) is 0 Å². The molecule has 1 atom stereocenters. The number of ether oxygens (including phenoxy) is 5. The maximum Gasteiger partial charge on any atom is 0.338 e. The van der Waals surface area contributed by atoms with Crippen molar-refractivity contribution in [3.63, 3.8) is 0 Å². The minimum Gasteiger partial charge on any atom is -0.497 e. The predicted octanol–water partition coefficient (Wildman–Crippen LogP) is 3.68. The van der Waals surface area contributed by atoms with Crippen molar-refractivity contribution in [1.82, 2.24) is 4.57 Å². The van der Waals surface area contributed by atoms with Crippen molar-refractivity contribution in [1.29, 1.82) is 0 Å². The molecule has 0 amide bonds. The fourth-order valence-corrected chi connectivity index (χ4v) is 5.92. The fraction of sp³-hybridized carbons (Fsp3) is 0.194. The maximum absolute atomic E-state index is 14.1. The third-order valence-corrected chi connectivity index (χ3v) is 7.79. The average molecular weight is 571 g/mol. The van der Waals surface area contributed by atoms with Gasteiger partial charge in [-0.15, -0.1) is 0 Å². The van der Waals surface area contributed by atoms with Gasteiger partial charge >= 0.3 is 5.97 Å². The summed E-state index contributed by atoms with van der Waals surface area (Å²) in [6, 6.07) is 19.3. The molecule has 9 nitrogen and oxygen atoms in total. The molecule has 0 unspecified atom stereocenters. The zero-order valence-corrected chi connectivity index (χ0v) is 23.4. The Kier molecular flexibility index (Phi) is 7.07. The first kappa shape index (κ1) is 26.4. The molecule has 0 bridgehead atoms. The Balaban J connectivity index is 1.65. The number of carbonyl (C=O) groups excluding carboxylic acids is 1. The van der Waals surface area contributed by atoms with E-state index in [2.05, 4.69) is 0 Å². The Hall–Kier alpha value is -4.83. The van der Waals surface area contributed by atoms with E-state index in [4.69, 9.17) is 28.7 Å². The van der Waals surface area contributed by atoms with Crippen LogP contribution >= 0.6 is 11.3 Å². The van der Waals surface area contributed by atoms with Crippen LogP contribution in [0.1, 0.15) is 29.7 Å². The Bertz CT molecular complexity index is 1860. The molecule has 208 valence electrons. The smallest absolute Gasteiger partial charge is 0.338 e. The van der Waals surface area contributed by atoms with Gasteiger partial charge in [0.15, 0.2) is 16.3 Å². The second-order valence-corrected chi connectivity index (χ2v) is 10.2. The Morgan fingerprint density at radius 1 is 1.05 bits per heavy atom. The van der Waals surface area contributed by atoms with Crippen LogP contribution < -0.4 is 33.8 Å². The van der Waals surface area contributed by atoms with E-state index in [1.807, 2.05) is 36.4 Å². The summed E-state index contributed by atoms with van der Waals surface area (Å²) in [7, 11) is 3.14. The highest BCUT2D eigenvalue weighted by molar-refractivity contribution is 7.07. The third-order valence-electron chi connectivity index (χ3n) is 6.81. The van der Waals surface area contributed by atoms with Gasteiger partial charge in [0.25, 0.3) is 5.56 Å².